The maximum Gasteiger partial charge on any atom is 0.240 e. The molecule has 7 nitrogen and oxygen atoms in total. The van der Waals surface area contributed by atoms with E-state index in [0.29, 0.717) is 18.8 Å². The Morgan fingerprint density at radius 1 is 0.931 bits per heavy atom. The topological polar surface area (TPSA) is 102 Å². The highest BCUT2D eigenvalue weighted by Gasteiger charge is 2.16. The van der Waals surface area contributed by atoms with Gasteiger partial charge in [-0.15, -0.1) is 0 Å². The van der Waals surface area contributed by atoms with Crippen molar-refractivity contribution in [2.75, 3.05) is 13.2 Å². The van der Waals surface area contributed by atoms with Gasteiger partial charge in [0.1, 0.15) is 5.75 Å². The van der Waals surface area contributed by atoms with E-state index >= 15 is 0 Å². The molecule has 0 aromatic heterocycles. The van der Waals surface area contributed by atoms with Crippen LogP contribution in [0.1, 0.15) is 31.9 Å². The molecule has 0 aliphatic carbocycles. The highest BCUT2D eigenvalue weighted by molar-refractivity contribution is 7.89. The van der Waals surface area contributed by atoms with Gasteiger partial charge in [-0.1, -0.05) is 12.1 Å². The van der Waals surface area contributed by atoms with Gasteiger partial charge in [0.15, 0.2) is 0 Å². The number of rotatable bonds is 10. The van der Waals surface area contributed by atoms with Crippen molar-refractivity contribution in [2.45, 2.75) is 49.9 Å². The van der Waals surface area contributed by atoms with Crippen LogP contribution in [-0.4, -0.2) is 36.0 Å². The average Bonchev–Trinajstić information content (AvgIpc) is 2.63. The second kappa shape index (κ2) is 9.71. The Morgan fingerprint density at radius 3 is 2.10 bits per heavy atom. The molecule has 0 radical (unpaired) electrons. The minimum absolute atomic E-state index is 0.180. The summed E-state index contributed by atoms with van der Waals surface area (Å²) in [6, 6.07) is 11.0. The minimum atomic E-state index is -3.64. The molecule has 0 spiro atoms. The molecule has 0 saturated heterocycles. The van der Waals surface area contributed by atoms with Crippen LogP contribution in [0.2, 0.25) is 0 Å². The van der Waals surface area contributed by atoms with Gasteiger partial charge in [-0.2, -0.15) is 0 Å². The molecule has 0 atom stereocenters. The van der Waals surface area contributed by atoms with Crippen LogP contribution in [0.3, 0.4) is 0 Å². The van der Waals surface area contributed by atoms with E-state index in [2.05, 4.69) is 9.44 Å². The SMILES string of the molecule is CCOc1ccc(S(=O)(=O)NCCc2ccc(S(=O)(=O)NC(C)C)cc2)cc1C. The van der Waals surface area contributed by atoms with E-state index in [4.69, 9.17) is 4.74 Å². The molecule has 2 aromatic carbocycles. The Hall–Kier alpha value is -1.94. The first kappa shape index (κ1) is 23.3. The molecule has 0 heterocycles. The molecule has 0 fully saturated rings. The van der Waals surface area contributed by atoms with Crippen molar-refractivity contribution in [3.05, 3.63) is 53.6 Å². The quantitative estimate of drug-likeness (QED) is 0.591. The lowest BCUT2D eigenvalue weighted by Gasteiger charge is -2.11. The molecule has 29 heavy (non-hydrogen) atoms. The summed E-state index contributed by atoms with van der Waals surface area (Å²) in [6.07, 6.45) is 0.438. The third-order valence-electron chi connectivity index (χ3n) is 4.09. The first-order chi connectivity index (χ1) is 13.5. The fraction of sp³-hybridized carbons (Fsp3) is 0.400. The van der Waals surface area contributed by atoms with Gasteiger partial charge in [-0.25, -0.2) is 26.3 Å². The van der Waals surface area contributed by atoms with Gasteiger partial charge in [0.2, 0.25) is 20.0 Å². The maximum absolute atomic E-state index is 12.5. The van der Waals surface area contributed by atoms with Gasteiger partial charge < -0.3 is 4.74 Å². The van der Waals surface area contributed by atoms with Crippen LogP contribution >= 0.6 is 0 Å². The predicted octanol–water partition coefficient (Wildman–Crippen LogP) is 2.60. The third kappa shape index (κ3) is 6.53. The number of aryl methyl sites for hydroxylation is 1. The molecule has 0 aliphatic rings. The second-order valence-electron chi connectivity index (χ2n) is 6.93. The molecule has 0 aliphatic heterocycles. The summed E-state index contributed by atoms with van der Waals surface area (Å²) in [4.78, 5) is 0.361. The molecular weight excluding hydrogens is 412 g/mol. The first-order valence-electron chi connectivity index (χ1n) is 9.39. The van der Waals surface area contributed by atoms with Crippen LogP contribution in [0.4, 0.5) is 0 Å². The average molecular weight is 441 g/mol. The molecule has 9 heteroatoms. The summed E-state index contributed by atoms with van der Waals surface area (Å²) in [7, 11) is -7.18. The van der Waals surface area contributed by atoms with E-state index in [1.165, 1.54) is 18.2 Å². The highest BCUT2D eigenvalue weighted by atomic mass is 32.2. The zero-order valence-corrected chi connectivity index (χ0v) is 18.7. The normalized spacial score (nSPS) is 12.3. The summed E-state index contributed by atoms with van der Waals surface area (Å²) in [5.74, 6) is 0.661. The Morgan fingerprint density at radius 2 is 1.55 bits per heavy atom. The van der Waals surface area contributed by atoms with Crippen molar-refractivity contribution in [1.29, 1.82) is 0 Å². The minimum Gasteiger partial charge on any atom is -0.494 e. The van der Waals surface area contributed by atoms with Crippen LogP contribution in [-0.2, 0) is 26.5 Å². The number of hydrogen-bond acceptors (Lipinski definition) is 5. The van der Waals surface area contributed by atoms with Crippen LogP contribution in [0, 0.1) is 6.92 Å². The van der Waals surface area contributed by atoms with Gasteiger partial charge in [-0.3, -0.25) is 0 Å². The van der Waals surface area contributed by atoms with E-state index < -0.39 is 20.0 Å². The number of nitrogens with one attached hydrogen (secondary N) is 2. The fourth-order valence-electron chi connectivity index (χ4n) is 2.73. The van der Waals surface area contributed by atoms with Gasteiger partial charge in [0.05, 0.1) is 16.4 Å². The first-order valence-corrected chi connectivity index (χ1v) is 12.4. The molecule has 160 valence electrons. The zero-order valence-electron chi connectivity index (χ0n) is 17.1. The van der Waals surface area contributed by atoms with Gasteiger partial charge in [0, 0.05) is 12.6 Å². The summed E-state index contributed by atoms with van der Waals surface area (Å²) in [5, 5.41) is 0. The molecular formula is C20H28N2O5S2. The van der Waals surface area contributed by atoms with Crippen LogP contribution in [0.25, 0.3) is 0 Å². The van der Waals surface area contributed by atoms with E-state index in [1.54, 1.807) is 45.0 Å². The molecule has 0 amide bonds. The monoisotopic (exact) mass is 440 g/mol. The number of hydrogen-bond donors (Lipinski definition) is 2. The Kier molecular flexibility index (Phi) is 7.81. The van der Waals surface area contributed by atoms with Crippen molar-refractivity contribution < 1.29 is 21.6 Å². The molecule has 0 unspecified atom stereocenters. The molecule has 2 aromatic rings. The number of sulfonamides is 2. The van der Waals surface area contributed by atoms with Crippen molar-refractivity contribution >= 4 is 20.0 Å². The van der Waals surface area contributed by atoms with E-state index in [1.807, 2.05) is 6.92 Å². The van der Waals surface area contributed by atoms with Crippen molar-refractivity contribution in [2.24, 2.45) is 0 Å². The largest absolute Gasteiger partial charge is 0.494 e. The predicted molar refractivity (Wildman–Crippen MR) is 113 cm³/mol. The second-order valence-corrected chi connectivity index (χ2v) is 10.4. The number of ether oxygens (including phenoxy) is 1. The van der Waals surface area contributed by atoms with Gasteiger partial charge in [0.25, 0.3) is 0 Å². The summed E-state index contributed by atoms with van der Waals surface area (Å²) in [6.45, 7) is 7.89. The lowest BCUT2D eigenvalue weighted by Crippen LogP contribution is -2.30. The van der Waals surface area contributed by atoms with Gasteiger partial charge in [-0.05, 0) is 75.6 Å². The van der Waals surface area contributed by atoms with Gasteiger partial charge >= 0.3 is 0 Å². The van der Waals surface area contributed by atoms with E-state index in [0.717, 1.165) is 11.1 Å². The summed E-state index contributed by atoms with van der Waals surface area (Å²) in [5.41, 5.74) is 1.58. The molecule has 2 rings (SSSR count). The fourth-order valence-corrected chi connectivity index (χ4v) is 5.10. The van der Waals surface area contributed by atoms with E-state index in [-0.39, 0.29) is 22.4 Å². The zero-order chi connectivity index (χ0) is 21.7. The number of benzene rings is 2. The standard InChI is InChI=1S/C20H28N2O5S2/c1-5-27-20-11-10-19(14-16(20)4)28(23,24)21-13-12-17-6-8-18(9-7-17)29(25,26)22-15(2)3/h6-11,14-15,21-22H,5,12-13H2,1-4H3. The lowest BCUT2D eigenvalue weighted by molar-refractivity contribution is 0.337. The Bertz CT molecular complexity index is 1030. The summed E-state index contributed by atoms with van der Waals surface area (Å²) < 4.78 is 59.8. The van der Waals surface area contributed by atoms with Crippen LogP contribution in [0.15, 0.2) is 52.3 Å². The summed E-state index contributed by atoms with van der Waals surface area (Å²) >= 11 is 0. The smallest absolute Gasteiger partial charge is 0.240 e. The van der Waals surface area contributed by atoms with E-state index in [9.17, 15) is 16.8 Å². The van der Waals surface area contributed by atoms with Crippen molar-refractivity contribution in [3.8, 4) is 5.75 Å². The van der Waals surface area contributed by atoms with Crippen LogP contribution < -0.4 is 14.2 Å². The van der Waals surface area contributed by atoms with Crippen molar-refractivity contribution in [1.82, 2.24) is 9.44 Å². The molecule has 0 saturated carbocycles. The molecule has 2 N–H and O–H groups in total. The lowest BCUT2D eigenvalue weighted by atomic mass is 10.2. The Labute approximate surface area is 173 Å². The van der Waals surface area contributed by atoms with Crippen LogP contribution in [0.5, 0.6) is 5.75 Å². The molecule has 0 bridgehead atoms. The van der Waals surface area contributed by atoms with Crippen molar-refractivity contribution in [3.63, 3.8) is 0 Å². The third-order valence-corrected chi connectivity index (χ3v) is 7.22. The highest BCUT2D eigenvalue weighted by Crippen LogP contribution is 2.21. The maximum atomic E-state index is 12.5. The Balaban J connectivity index is 1.99.